The van der Waals surface area contributed by atoms with Crippen molar-refractivity contribution in [2.45, 2.75) is 13.7 Å². The van der Waals surface area contributed by atoms with Gasteiger partial charge in [0, 0.05) is 27.3 Å². The highest BCUT2D eigenvalue weighted by Gasteiger charge is 2.13. The van der Waals surface area contributed by atoms with E-state index in [2.05, 4.69) is 31.3 Å². The van der Waals surface area contributed by atoms with Crippen LogP contribution in [0.2, 0.25) is 5.02 Å². The topological polar surface area (TPSA) is 69.0 Å². The average Bonchev–Trinajstić information content (AvgIpc) is 3.19. The summed E-state index contributed by atoms with van der Waals surface area (Å²) >= 11 is 9.46. The molecule has 0 spiro atoms. The van der Waals surface area contributed by atoms with E-state index in [1.165, 1.54) is 0 Å². The Hall–Kier alpha value is -2.90. The second kappa shape index (κ2) is 8.23. The number of fused-ring (bicyclic) bond motifs is 1. The molecule has 2 aromatic carbocycles. The molecule has 6 nitrogen and oxygen atoms in total. The van der Waals surface area contributed by atoms with E-state index in [1.807, 2.05) is 31.2 Å². The summed E-state index contributed by atoms with van der Waals surface area (Å²) in [4.78, 5) is 17.0. The van der Waals surface area contributed by atoms with E-state index in [1.54, 1.807) is 41.3 Å². The molecule has 0 saturated carbocycles. The summed E-state index contributed by atoms with van der Waals surface area (Å²) in [7, 11) is 0. The molecule has 0 saturated heterocycles. The van der Waals surface area contributed by atoms with Crippen LogP contribution in [0.4, 0.5) is 5.69 Å². The Morgan fingerprint density at radius 3 is 2.93 bits per heavy atom. The van der Waals surface area contributed by atoms with Crippen LogP contribution in [0.15, 0.2) is 65.4 Å². The van der Waals surface area contributed by atoms with Crippen LogP contribution in [-0.4, -0.2) is 20.7 Å². The zero-order chi connectivity index (χ0) is 20.4. The molecule has 0 radical (unpaired) electrons. The minimum atomic E-state index is -0.319. The van der Waals surface area contributed by atoms with Crippen LogP contribution in [-0.2, 0) is 6.73 Å². The lowest BCUT2D eigenvalue weighted by atomic mass is 10.2. The number of aryl methyl sites for hydroxylation is 1. The number of ether oxygens (including phenoxy) is 1. The molecule has 2 aromatic heterocycles. The molecule has 4 aromatic rings. The Bertz CT molecular complexity index is 1210. The van der Waals surface area contributed by atoms with Gasteiger partial charge in [-0.2, -0.15) is 5.10 Å². The summed E-state index contributed by atoms with van der Waals surface area (Å²) in [6.07, 6.45) is 3.38. The molecule has 1 amide bonds. The van der Waals surface area contributed by atoms with E-state index in [0.29, 0.717) is 22.0 Å². The van der Waals surface area contributed by atoms with Gasteiger partial charge in [-0.1, -0.05) is 33.6 Å². The summed E-state index contributed by atoms with van der Waals surface area (Å²) in [6, 6.07) is 14.5. The SMILES string of the molecule is Cc1cc(Cl)ccc1OCn1ccc(C(=O)Nc2ccc(Br)c3cccnc23)n1. The standard InChI is InChI=1S/C21H16BrClN4O2/c1-13-11-14(23)4-7-19(13)29-12-27-10-8-18(26-27)21(28)25-17-6-5-16(22)15-3-2-9-24-20(15)17/h2-11H,12H2,1H3,(H,25,28). The van der Waals surface area contributed by atoms with Crippen molar-refractivity contribution in [2.75, 3.05) is 5.32 Å². The second-order valence-electron chi connectivity index (χ2n) is 6.37. The zero-order valence-corrected chi connectivity index (χ0v) is 17.7. The van der Waals surface area contributed by atoms with Crippen molar-refractivity contribution in [1.82, 2.24) is 14.8 Å². The van der Waals surface area contributed by atoms with Crippen molar-refractivity contribution in [3.63, 3.8) is 0 Å². The monoisotopic (exact) mass is 470 g/mol. The number of hydrogen-bond acceptors (Lipinski definition) is 4. The maximum absolute atomic E-state index is 12.6. The Kier molecular flexibility index (Phi) is 5.51. The highest BCUT2D eigenvalue weighted by molar-refractivity contribution is 9.10. The number of nitrogens with zero attached hydrogens (tertiary/aromatic N) is 3. The number of pyridine rings is 1. The number of aromatic nitrogens is 3. The smallest absolute Gasteiger partial charge is 0.276 e. The fourth-order valence-electron chi connectivity index (χ4n) is 2.89. The van der Waals surface area contributed by atoms with Crippen LogP contribution in [0.3, 0.4) is 0 Å². The van der Waals surface area contributed by atoms with Crippen molar-refractivity contribution in [3.05, 3.63) is 81.7 Å². The molecule has 0 bridgehead atoms. The second-order valence-corrected chi connectivity index (χ2v) is 7.66. The normalized spacial score (nSPS) is 10.9. The number of hydrogen-bond donors (Lipinski definition) is 1. The molecule has 146 valence electrons. The van der Waals surface area contributed by atoms with Gasteiger partial charge in [0.2, 0.25) is 0 Å². The third-order valence-corrected chi connectivity index (χ3v) is 5.25. The summed E-state index contributed by atoms with van der Waals surface area (Å²) in [5.74, 6) is 0.393. The highest BCUT2D eigenvalue weighted by Crippen LogP contribution is 2.28. The third-order valence-electron chi connectivity index (χ3n) is 4.33. The van der Waals surface area contributed by atoms with E-state index in [-0.39, 0.29) is 18.3 Å². The Labute approximate surface area is 180 Å². The lowest BCUT2D eigenvalue weighted by molar-refractivity contribution is 0.102. The molecule has 8 heteroatoms. The fourth-order valence-corrected chi connectivity index (χ4v) is 3.57. The summed E-state index contributed by atoms with van der Waals surface area (Å²) in [5.41, 5.74) is 2.54. The molecule has 1 N–H and O–H groups in total. The van der Waals surface area contributed by atoms with Crippen LogP contribution in [0, 0.1) is 6.92 Å². The van der Waals surface area contributed by atoms with Gasteiger partial charge in [-0.3, -0.25) is 9.78 Å². The molecule has 0 unspecified atom stereocenters. The summed E-state index contributed by atoms with van der Waals surface area (Å²) in [6.45, 7) is 2.10. The van der Waals surface area contributed by atoms with Crippen molar-refractivity contribution in [3.8, 4) is 5.75 Å². The molecule has 0 atom stereocenters. The maximum Gasteiger partial charge on any atom is 0.276 e. The quantitative estimate of drug-likeness (QED) is 0.420. The highest BCUT2D eigenvalue weighted by atomic mass is 79.9. The van der Waals surface area contributed by atoms with Crippen molar-refractivity contribution >= 4 is 50.0 Å². The first-order valence-electron chi connectivity index (χ1n) is 8.78. The van der Waals surface area contributed by atoms with Gasteiger partial charge in [-0.25, -0.2) is 4.68 Å². The Morgan fingerprint density at radius 1 is 1.24 bits per heavy atom. The van der Waals surface area contributed by atoms with E-state index in [4.69, 9.17) is 16.3 Å². The first-order chi connectivity index (χ1) is 14.0. The minimum absolute atomic E-state index is 0.179. The number of halogens is 2. The molecule has 0 aliphatic heterocycles. The average molecular weight is 472 g/mol. The van der Waals surface area contributed by atoms with E-state index < -0.39 is 0 Å². The van der Waals surface area contributed by atoms with Crippen molar-refractivity contribution in [1.29, 1.82) is 0 Å². The lowest BCUT2D eigenvalue weighted by Gasteiger charge is -2.09. The van der Waals surface area contributed by atoms with Gasteiger partial charge < -0.3 is 10.1 Å². The number of carbonyl (C=O) groups is 1. The van der Waals surface area contributed by atoms with Crippen LogP contribution < -0.4 is 10.1 Å². The maximum atomic E-state index is 12.6. The number of amides is 1. The molecule has 0 aliphatic rings. The van der Waals surface area contributed by atoms with Gasteiger partial charge in [0.1, 0.15) is 5.75 Å². The molecule has 2 heterocycles. The first-order valence-corrected chi connectivity index (χ1v) is 9.95. The predicted octanol–water partition coefficient (Wildman–Crippen LogP) is 5.44. The van der Waals surface area contributed by atoms with E-state index in [9.17, 15) is 4.79 Å². The van der Waals surface area contributed by atoms with E-state index in [0.717, 1.165) is 15.4 Å². The predicted molar refractivity (Wildman–Crippen MR) is 116 cm³/mol. The molecule has 0 aliphatic carbocycles. The van der Waals surface area contributed by atoms with E-state index >= 15 is 0 Å². The number of benzene rings is 2. The largest absolute Gasteiger partial charge is 0.471 e. The van der Waals surface area contributed by atoms with Gasteiger partial charge in [0.15, 0.2) is 12.4 Å². The molecule has 0 fully saturated rings. The van der Waals surface area contributed by atoms with Gasteiger partial charge in [0.25, 0.3) is 5.91 Å². The lowest BCUT2D eigenvalue weighted by Crippen LogP contribution is -2.14. The minimum Gasteiger partial charge on any atom is -0.471 e. The molecular weight excluding hydrogens is 456 g/mol. The molecular formula is C21H16BrClN4O2. The van der Waals surface area contributed by atoms with Crippen LogP contribution in [0.1, 0.15) is 16.1 Å². The first kappa shape index (κ1) is 19.4. The van der Waals surface area contributed by atoms with Crippen molar-refractivity contribution < 1.29 is 9.53 Å². The van der Waals surface area contributed by atoms with Crippen LogP contribution in [0.5, 0.6) is 5.75 Å². The number of carbonyl (C=O) groups excluding carboxylic acids is 1. The Balaban J connectivity index is 1.47. The number of anilines is 1. The number of rotatable bonds is 5. The molecule has 29 heavy (non-hydrogen) atoms. The summed E-state index contributed by atoms with van der Waals surface area (Å²) < 4.78 is 8.23. The van der Waals surface area contributed by atoms with Crippen LogP contribution >= 0.6 is 27.5 Å². The van der Waals surface area contributed by atoms with Crippen molar-refractivity contribution in [2.24, 2.45) is 0 Å². The van der Waals surface area contributed by atoms with Gasteiger partial charge in [-0.05, 0) is 55.0 Å². The van der Waals surface area contributed by atoms with Crippen LogP contribution in [0.25, 0.3) is 10.9 Å². The van der Waals surface area contributed by atoms with Gasteiger partial charge in [-0.15, -0.1) is 0 Å². The van der Waals surface area contributed by atoms with Gasteiger partial charge in [0.05, 0.1) is 11.2 Å². The fraction of sp³-hybridized carbons (Fsp3) is 0.0952. The molecule has 4 rings (SSSR count). The Morgan fingerprint density at radius 2 is 2.10 bits per heavy atom. The third kappa shape index (κ3) is 4.26. The van der Waals surface area contributed by atoms with Gasteiger partial charge >= 0.3 is 0 Å². The summed E-state index contributed by atoms with van der Waals surface area (Å²) in [5, 5.41) is 8.74. The zero-order valence-electron chi connectivity index (χ0n) is 15.4. The number of nitrogens with one attached hydrogen (secondary N) is 1.